The minimum atomic E-state index is -4.50. The van der Waals surface area contributed by atoms with Gasteiger partial charge in [0, 0.05) is 5.56 Å². The van der Waals surface area contributed by atoms with Gasteiger partial charge in [-0.25, -0.2) is 10.2 Å². The lowest BCUT2D eigenvalue weighted by atomic mass is 10.2. The first kappa shape index (κ1) is 13.9. The number of nitrogens with zero attached hydrogens (tertiary/aromatic N) is 4. The van der Waals surface area contributed by atoms with Crippen LogP contribution in [0.1, 0.15) is 10.4 Å². The van der Waals surface area contributed by atoms with Crippen LogP contribution in [0.5, 0.6) is 0 Å². The Hall–Kier alpha value is -2.49. The molecule has 0 saturated heterocycles. The number of hydrogen-bond donors (Lipinski definition) is 1. The molecule has 0 bridgehead atoms. The average molecular weight is 287 g/mol. The third-order valence-corrected chi connectivity index (χ3v) is 2.14. The third-order valence-electron chi connectivity index (χ3n) is 2.14. The zero-order valence-corrected chi connectivity index (χ0v) is 9.83. The highest BCUT2D eigenvalue weighted by Gasteiger charge is 2.28. The number of carbonyl (C=O) groups excluding carboxylic acids is 1. The number of alkyl halides is 3. The summed E-state index contributed by atoms with van der Waals surface area (Å²) in [7, 11) is 0. The van der Waals surface area contributed by atoms with E-state index in [1.807, 2.05) is 0 Å². The highest BCUT2D eigenvalue weighted by Crippen LogP contribution is 2.14. The molecule has 0 unspecified atom stereocenters. The van der Waals surface area contributed by atoms with Crippen LogP contribution in [0.2, 0.25) is 0 Å². The van der Waals surface area contributed by atoms with Gasteiger partial charge < -0.3 is 0 Å². The van der Waals surface area contributed by atoms with Crippen molar-refractivity contribution in [3.05, 3.63) is 36.2 Å². The predicted octanol–water partition coefficient (Wildman–Crippen LogP) is 0.886. The van der Waals surface area contributed by atoms with Crippen LogP contribution in [0.3, 0.4) is 0 Å². The normalized spacial score (nSPS) is 11.3. The number of amides is 1. The van der Waals surface area contributed by atoms with Crippen LogP contribution in [-0.2, 0) is 4.84 Å². The fourth-order valence-corrected chi connectivity index (χ4v) is 1.29. The van der Waals surface area contributed by atoms with Crippen LogP contribution in [0.4, 0.5) is 13.2 Å². The van der Waals surface area contributed by atoms with E-state index in [2.05, 4.69) is 20.4 Å². The molecule has 1 aromatic carbocycles. The van der Waals surface area contributed by atoms with Crippen LogP contribution in [-0.4, -0.2) is 38.9 Å². The molecule has 0 atom stereocenters. The topological polar surface area (TPSA) is 81.9 Å². The fourth-order valence-electron chi connectivity index (χ4n) is 1.29. The van der Waals surface area contributed by atoms with E-state index in [4.69, 9.17) is 0 Å². The first-order valence-corrected chi connectivity index (χ1v) is 5.28. The molecule has 1 N–H and O–H groups in total. The van der Waals surface area contributed by atoms with Gasteiger partial charge in [-0.05, 0) is 34.7 Å². The second-order valence-electron chi connectivity index (χ2n) is 3.64. The Bertz CT molecular complexity index is 568. The molecule has 1 heterocycles. The van der Waals surface area contributed by atoms with Crippen molar-refractivity contribution in [2.24, 2.45) is 0 Å². The van der Waals surface area contributed by atoms with Crippen molar-refractivity contribution in [2.75, 3.05) is 6.61 Å². The number of benzene rings is 1. The molecule has 0 spiro atoms. The van der Waals surface area contributed by atoms with Crippen molar-refractivity contribution < 1.29 is 22.8 Å². The molecule has 106 valence electrons. The molecule has 20 heavy (non-hydrogen) atoms. The highest BCUT2D eigenvalue weighted by molar-refractivity contribution is 5.93. The minimum Gasteiger partial charge on any atom is -0.267 e. The molecule has 0 aliphatic carbocycles. The summed E-state index contributed by atoms with van der Waals surface area (Å²) in [5, 5.41) is 10.5. The second-order valence-corrected chi connectivity index (χ2v) is 3.64. The first-order chi connectivity index (χ1) is 9.46. The summed E-state index contributed by atoms with van der Waals surface area (Å²) in [6.45, 7) is -1.55. The van der Waals surface area contributed by atoms with Gasteiger partial charge in [-0.3, -0.25) is 9.63 Å². The Morgan fingerprint density at radius 2 is 2.00 bits per heavy atom. The van der Waals surface area contributed by atoms with Gasteiger partial charge >= 0.3 is 6.18 Å². The quantitative estimate of drug-likeness (QED) is 0.844. The molecule has 0 radical (unpaired) electrons. The van der Waals surface area contributed by atoms with Crippen molar-refractivity contribution in [3.63, 3.8) is 0 Å². The first-order valence-electron chi connectivity index (χ1n) is 5.28. The number of hydroxylamine groups is 1. The summed E-state index contributed by atoms with van der Waals surface area (Å²) in [6, 6.07) is 5.89. The van der Waals surface area contributed by atoms with Crippen LogP contribution < -0.4 is 5.48 Å². The van der Waals surface area contributed by atoms with Gasteiger partial charge in [-0.2, -0.15) is 13.2 Å². The molecule has 2 aromatic rings. The third kappa shape index (κ3) is 3.75. The molecule has 10 heteroatoms. The summed E-state index contributed by atoms with van der Waals surface area (Å²) >= 11 is 0. The number of aromatic nitrogens is 4. The van der Waals surface area contributed by atoms with E-state index in [1.165, 1.54) is 35.3 Å². The Morgan fingerprint density at radius 3 is 2.55 bits per heavy atom. The maximum atomic E-state index is 11.8. The van der Waals surface area contributed by atoms with Gasteiger partial charge in [0.25, 0.3) is 5.91 Å². The molecule has 1 aromatic heterocycles. The predicted molar refractivity (Wildman–Crippen MR) is 58.6 cm³/mol. The maximum absolute atomic E-state index is 11.8. The van der Waals surface area contributed by atoms with Crippen LogP contribution in [0, 0.1) is 0 Å². The number of nitrogens with one attached hydrogen (secondary N) is 1. The lowest BCUT2D eigenvalue weighted by Gasteiger charge is -2.08. The standard InChI is InChI=1S/C10H8F3N5O2/c11-10(12,13)5-20-15-9(19)7-1-3-8(4-2-7)18-6-14-16-17-18/h1-4,6H,5H2,(H,15,19). The SMILES string of the molecule is O=C(NOCC(F)(F)F)c1ccc(-n2cnnn2)cc1. The van der Waals surface area contributed by atoms with Crippen LogP contribution in [0.15, 0.2) is 30.6 Å². The largest absolute Gasteiger partial charge is 0.414 e. The van der Waals surface area contributed by atoms with E-state index in [1.54, 1.807) is 5.48 Å². The van der Waals surface area contributed by atoms with Gasteiger partial charge in [-0.1, -0.05) is 0 Å². The van der Waals surface area contributed by atoms with E-state index in [0.717, 1.165) is 0 Å². The van der Waals surface area contributed by atoms with Gasteiger partial charge in [0.15, 0.2) is 6.61 Å². The Morgan fingerprint density at radius 1 is 1.30 bits per heavy atom. The molecule has 0 fully saturated rings. The molecular formula is C10H8F3N5O2. The van der Waals surface area contributed by atoms with E-state index < -0.39 is 18.7 Å². The summed E-state index contributed by atoms with van der Waals surface area (Å²) in [5.41, 5.74) is 2.45. The molecule has 0 aliphatic rings. The van der Waals surface area contributed by atoms with Crippen molar-refractivity contribution in [3.8, 4) is 5.69 Å². The zero-order chi connectivity index (χ0) is 14.6. The van der Waals surface area contributed by atoms with Gasteiger partial charge in [0.1, 0.15) is 6.33 Å². The van der Waals surface area contributed by atoms with Crippen molar-refractivity contribution in [1.82, 2.24) is 25.7 Å². The van der Waals surface area contributed by atoms with Crippen molar-refractivity contribution >= 4 is 5.91 Å². The summed E-state index contributed by atoms with van der Waals surface area (Å²) in [4.78, 5) is 15.5. The number of tetrazole rings is 1. The highest BCUT2D eigenvalue weighted by atomic mass is 19.4. The summed E-state index contributed by atoms with van der Waals surface area (Å²) < 4.78 is 36.8. The Balaban J connectivity index is 1.94. The molecule has 0 saturated carbocycles. The number of carbonyl (C=O) groups is 1. The lowest BCUT2D eigenvalue weighted by molar-refractivity contribution is -0.184. The van der Waals surface area contributed by atoms with E-state index in [9.17, 15) is 18.0 Å². The molecule has 0 aliphatic heterocycles. The maximum Gasteiger partial charge on any atom is 0.414 e. The average Bonchev–Trinajstić information content (AvgIpc) is 2.91. The minimum absolute atomic E-state index is 0.143. The Labute approximate surface area is 110 Å². The van der Waals surface area contributed by atoms with Crippen molar-refractivity contribution in [2.45, 2.75) is 6.18 Å². The van der Waals surface area contributed by atoms with Crippen LogP contribution >= 0.6 is 0 Å². The number of rotatable bonds is 4. The van der Waals surface area contributed by atoms with Gasteiger partial charge in [0.05, 0.1) is 5.69 Å². The fraction of sp³-hybridized carbons (Fsp3) is 0.200. The lowest BCUT2D eigenvalue weighted by Crippen LogP contribution is -2.29. The summed E-state index contributed by atoms with van der Waals surface area (Å²) in [5.74, 6) is -0.780. The second kappa shape index (κ2) is 5.65. The number of hydrogen-bond acceptors (Lipinski definition) is 5. The van der Waals surface area contributed by atoms with E-state index in [-0.39, 0.29) is 5.56 Å². The van der Waals surface area contributed by atoms with Crippen LogP contribution in [0.25, 0.3) is 5.69 Å². The molecular weight excluding hydrogens is 279 g/mol. The monoisotopic (exact) mass is 287 g/mol. The Kier molecular flexibility index (Phi) is 3.94. The van der Waals surface area contributed by atoms with Gasteiger partial charge in [-0.15, -0.1) is 5.10 Å². The molecule has 2 rings (SSSR count). The van der Waals surface area contributed by atoms with Crippen molar-refractivity contribution in [1.29, 1.82) is 0 Å². The smallest absolute Gasteiger partial charge is 0.267 e. The summed E-state index contributed by atoms with van der Waals surface area (Å²) in [6.07, 6.45) is -3.14. The zero-order valence-electron chi connectivity index (χ0n) is 9.83. The molecule has 7 nitrogen and oxygen atoms in total. The van der Waals surface area contributed by atoms with Gasteiger partial charge in [0.2, 0.25) is 0 Å². The number of halogens is 3. The molecule has 1 amide bonds. The van der Waals surface area contributed by atoms with E-state index in [0.29, 0.717) is 5.69 Å². The van der Waals surface area contributed by atoms with E-state index >= 15 is 0 Å².